The first-order valence-electron chi connectivity index (χ1n) is 6.77. The highest BCUT2D eigenvalue weighted by atomic mass is 16.6. The number of ether oxygens (including phenoxy) is 3. The molecule has 1 unspecified atom stereocenters. The van der Waals surface area contributed by atoms with Crippen LogP contribution in [0.15, 0.2) is 24.2 Å². The molecule has 0 spiro atoms. The first-order chi connectivity index (χ1) is 9.60. The molecule has 20 heavy (non-hydrogen) atoms. The maximum absolute atomic E-state index is 11.7. The molecule has 2 rings (SSSR count). The van der Waals surface area contributed by atoms with Gasteiger partial charge in [0.05, 0.1) is 12.7 Å². The van der Waals surface area contributed by atoms with Gasteiger partial charge in [0, 0.05) is 32.4 Å². The molecule has 6 heteroatoms. The summed E-state index contributed by atoms with van der Waals surface area (Å²) in [6.07, 6.45) is 2.84. The molecule has 2 aliphatic heterocycles. The summed E-state index contributed by atoms with van der Waals surface area (Å²) >= 11 is 0. The molecule has 0 aromatic heterocycles. The first kappa shape index (κ1) is 15.0. The van der Waals surface area contributed by atoms with Crippen LogP contribution < -0.4 is 5.32 Å². The third-order valence-electron chi connectivity index (χ3n) is 3.66. The van der Waals surface area contributed by atoms with Gasteiger partial charge in [0.2, 0.25) is 0 Å². The third-order valence-corrected chi connectivity index (χ3v) is 3.66. The Morgan fingerprint density at radius 3 is 2.90 bits per heavy atom. The number of amides is 1. The monoisotopic (exact) mass is 282 g/mol. The van der Waals surface area contributed by atoms with Crippen molar-refractivity contribution in [3.8, 4) is 0 Å². The lowest BCUT2D eigenvalue weighted by atomic mass is 10.1. The van der Waals surface area contributed by atoms with Gasteiger partial charge in [0.1, 0.15) is 18.2 Å². The van der Waals surface area contributed by atoms with Crippen LogP contribution in [0.25, 0.3) is 0 Å². The number of carbonyl (C=O) groups is 1. The summed E-state index contributed by atoms with van der Waals surface area (Å²) < 4.78 is 16.5. The summed E-state index contributed by atoms with van der Waals surface area (Å²) in [6, 6.07) is 0. The van der Waals surface area contributed by atoms with Crippen molar-refractivity contribution in [1.82, 2.24) is 10.2 Å². The molecule has 0 aliphatic carbocycles. The molecular weight excluding hydrogens is 260 g/mol. The minimum atomic E-state index is -0.199. The topological polar surface area (TPSA) is 60.0 Å². The van der Waals surface area contributed by atoms with Crippen LogP contribution >= 0.6 is 0 Å². The van der Waals surface area contributed by atoms with Gasteiger partial charge in [-0.2, -0.15) is 0 Å². The van der Waals surface area contributed by atoms with Crippen LogP contribution in [0.2, 0.25) is 0 Å². The zero-order valence-electron chi connectivity index (χ0n) is 12.2. The van der Waals surface area contributed by atoms with E-state index in [1.807, 2.05) is 18.0 Å². The molecule has 0 aromatic rings. The molecule has 6 nitrogen and oxygen atoms in total. The molecular formula is C14H22N2O4. The summed E-state index contributed by atoms with van der Waals surface area (Å²) in [6.45, 7) is 6.30. The highest BCUT2D eigenvalue weighted by Gasteiger charge is 2.39. The molecule has 0 bridgehead atoms. The van der Waals surface area contributed by atoms with Crippen molar-refractivity contribution >= 4 is 5.91 Å². The van der Waals surface area contributed by atoms with Crippen molar-refractivity contribution in [1.29, 1.82) is 0 Å². The van der Waals surface area contributed by atoms with E-state index in [4.69, 9.17) is 14.2 Å². The number of nitrogens with one attached hydrogen (secondary N) is 1. The van der Waals surface area contributed by atoms with Crippen molar-refractivity contribution < 1.29 is 19.0 Å². The van der Waals surface area contributed by atoms with Gasteiger partial charge < -0.3 is 24.4 Å². The van der Waals surface area contributed by atoms with Gasteiger partial charge in [-0.25, -0.2) is 0 Å². The van der Waals surface area contributed by atoms with E-state index in [2.05, 4.69) is 11.9 Å². The summed E-state index contributed by atoms with van der Waals surface area (Å²) in [5.41, 5.74) is 0.713. The molecule has 0 aromatic carbocycles. The number of rotatable bonds is 5. The maximum atomic E-state index is 11.7. The van der Waals surface area contributed by atoms with Crippen molar-refractivity contribution in [2.45, 2.75) is 38.2 Å². The molecule has 3 atom stereocenters. The number of carbonyl (C=O) groups excluding carboxylic acids is 1. The molecule has 0 saturated carbocycles. The van der Waals surface area contributed by atoms with E-state index in [1.165, 1.54) is 0 Å². The van der Waals surface area contributed by atoms with E-state index in [-0.39, 0.29) is 24.3 Å². The Morgan fingerprint density at radius 2 is 2.30 bits per heavy atom. The molecule has 1 saturated heterocycles. The summed E-state index contributed by atoms with van der Waals surface area (Å²) in [5.74, 6) is 0.439. The fourth-order valence-electron chi connectivity index (χ4n) is 2.52. The SMILES string of the molecule is C=C1NC(=O)C(CC)=CN1[C@H]1CC(OC)[C@@H](COC)O1. The van der Waals surface area contributed by atoms with Crippen molar-refractivity contribution in [3.63, 3.8) is 0 Å². The van der Waals surface area contributed by atoms with Crippen LogP contribution in [0, 0.1) is 0 Å². The van der Waals surface area contributed by atoms with Gasteiger partial charge in [-0.15, -0.1) is 0 Å². The Hall–Kier alpha value is -1.37. The van der Waals surface area contributed by atoms with Gasteiger partial charge in [-0.05, 0) is 6.42 Å². The summed E-state index contributed by atoms with van der Waals surface area (Å²) in [4.78, 5) is 13.6. The predicted octanol–water partition coefficient (Wildman–Crippen LogP) is 0.960. The highest BCUT2D eigenvalue weighted by molar-refractivity contribution is 5.95. The standard InChI is InChI=1S/C14H22N2O4/c1-5-10-7-16(9(2)15-14(10)17)13-6-11(19-4)12(20-13)8-18-3/h7,11-13H,2,5-6,8H2,1,3-4H3,(H,15,17)/t11?,12-,13-/m1/s1. The minimum absolute atomic E-state index is 0.0242. The average Bonchev–Trinajstić information content (AvgIpc) is 2.82. The fraction of sp³-hybridized carbons (Fsp3) is 0.643. The molecule has 0 radical (unpaired) electrons. The van der Waals surface area contributed by atoms with Crippen LogP contribution in [0.3, 0.4) is 0 Å². The van der Waals surface area contributed by atoms with Gasteiger partial charge in [0.15, 0.2) is 0 Å². The maximum Gasteiger partial charge on any atom is 0.254 e. The predicted molar refractivity (Wildman–Crippen MR) is 73.4 cm³/mol. The van der Waals surface area contributed by atoms with Crippen LogP contribution in [-0.2, 0) is 19.0 Å². The van der Waals surface area contributed by atoms with E-state index in [0.717, 1.165) is 0 Å². The number of hydrogen-bond donors (Lipinski definition) is 1. The quantitative estimate of drug-likeness (QED) is 0.814. The Balaban J connectivity index is 2.13. The van der Waals surface area contributed by atoms with Crippen LogP contribution in [0.5, 0.6) is 0 Å². The second-order valence-corrected chi connectivity index (χ2v) is 4.91. The van der Waals surface area contributed by atoms with E-state index in [0.29, 0.717) is 30.8 Å². The second kappa shape index (κ2) is 6.39. The first-order valence-corrected chi connectivity index (χ1v) is 6.77. The smallest absolute Gasteiger partial charge is 0.254 e. The van der Waals surface area contributed by atoms with Crippen molar-refractivity contribution in [2.24, 2.45) is 0 Å². The van der Waals surface area contributed by atoms with Crippen LogP contribution in [-0.4, -0.2) is 50.1 Å². The Bertz CT molecular complexity index is 421. The lowest BCUT2D eigenvalue weighted by molar-refractivity contribution is -0.119. The largest absolute Gasteiger partial charge is 0.382 e. The molecule has 1 amide bonds. The zero-order chi connectivity index (χ0) is 14.7. The second-order valence-electron chi connectivity index (χ2n) is 4.91. The highest BCUT2D eigenvalue weighted by Crippen LogP contribution is 2.29. The number of nitrogens with zero attached hydrogens (tertiary/aromatic N) is 1. The van der Waals surface area contributed by atoms with Crippen molar-refractivity contribution in [2.75, 3.05) is 20.8 Å². The molecule has 1 fully saturated rings. The average molecular weight is 282 g/mol. The lowest BCUT2D eigenvalue weighted by Gasteiger charge is -2.33. The Labute approximate surface area is 119 Å². The molecule has 112 valence electrons. The number of methoxy groups -OCH3 is 2. The molecule has 2 aliphatic rings. The number of hydrogen-bond acceptors (Lipinski definition) is 5. The lowest BCUT2D eigenvalue weighted by Crippen LogP contribution is -2.43. The Morgan fingerprint density at radius 1 is 1.55 bits per heavy atom. The normalized spacial score (nSPS) is 30.4. The minimum Gasteiger partial charge on any atom is -0.382 e. The zero-order valence-corrected chi connectivity index (χ0v) is 12.2. The van der Waals surface area contributed by atoms with Crippen LogP contribution in [0.4, 0.5) is 0 Å². The van der Waals surface area contributed by atoms with E-state index in [9.17, 15) is 4.79 Å². The van der Waals surface area contributed by atoms with E-state index >= 15 is 0 Å². The molecule has 2 heterocycles. The van der Waals surface area contributed by atoms with E-state index < -0.39 is 0 Å². The molecule has 1 N–H and O–H groups in total. The summed E-state index contributed by atoms with van der Waals surface area (Å²) in [5, 5.41) is 2.76. The van der Waals surface area contributed by atoms with Gasteiger partial charge in [-0.1, -0.05) is 13.5 Å². The summed E-state index contributed by atoms with van der Waals surface area (Å²) in [7, 11) is 3.30. The van der Waals surface area contributed by atoms with Gasteiger partial charge >= 0.3 is 0 Å². The van der Waals surface area contributed by atoms with Crippen LogP contribution in [0.1, 0.15) is 19.8 Å². The third kappa shape index (κ3) is 2.87. The van der Waals surface area contributed by atoms with Gasteiger partial charge in [-0.3, -0.25) is 4.79 Å². The Kier molecular flexibility index (Phi) is 4.80. The fourth-order valence-corrected chi connectivity index (χ4v) is 2.52. The van der Waals surface area contributed by atoms with E-state index in [1.54, 1.807) is 14.2 Å². The van der Waals surface area contributed by atoms with Crippen molar-refractivity contribution in [3.05, 3.63) is 24.2 Å². The van der Waals surface area contributed by atoms with Gasteiger partial charge in [0.25, 0.3) is 5.91 Å².